The molecule has 738 valence electrons. The number of aromatic amines is 2. The number of nitrogens with zero attached hydrogens (tertiary/aromatic N) is 5. The van der Waals surface area contributed by atoms with Gasteiger partial charge in [-0.1, -0.05) is 123 Å². The third kappa shape index (κ3) is 30.3. The van der Waals surface area contributed by atoms with Crippen LogP contribution in [0.1, 0.15) is 162 Å². The molecule has 0 radical (unpaired) electrons. The molecular formula is C92H135N23O19S. The molecule has 0 bridgehead atoms. The molecule has 24 N–H and O–H groups in total. The van der Waals surface area contributed by atoms with Gasteiger partial charge in [0.05, 0.1) is 24.8 Å². The Morgan fingerprint density at radius 1 is 0.548 bits per heavy atom. The Bertz CT molecular complexity index is 5060. The highest BCUT2D eigenvalue weighted by molar-refractivity contribution is 8.00. The van der Waals surface area contributed by atoms with Crippen molar-refractivity contribution in [1.29, 1.82) is 5.41 Å². The third-order valence-electron chi connectivity index (χ3n) is 24.4. The van der Waals surface area contributed by atoms with Crippen LogP contribution in [0.15, 0.2) is 85.2 Å². The predicted octanol–water partition coefficient (Wildman–Crippen LogP) is -1.49. The number of phenols is 1. The molecule has 0 unspecified atom stereocenters. The molecule has 3 aromatic carbocycles. The van der Waals surface area contributed by atoms with E-state index in [4.69, 9.17) is 28.3 Å². The van der Waals surface area contributed by atoms with Gasteiger partial charge in [-0.3, -0.25) is 86.9 Å². The number of nitrogens with two attached hydrogens (primary N) is 4. The molecule has 15 atom stereocenters. The number of thioether (sulfide) groups is 1. The van der Waals surface area contributed by atoms with E-state index in [1.165, 1.54) is 62.1 Å². The number of amides is 17. The van der Waals surface area contributed by atoms with Crippen LogP contribution in [-0.4, -0.2) is 307 Å². The van der Waals surface area contributed by atoms with E-state index >= 15 is 33.6 Å². The molecule has 5 aromatic rings. The first-order valence-corrected chi connectivity index (χ1v) is 47.0. The van der Waals surface area contributed by atoms with E-state index in [1.807, 2.05) is 26.0 Å². The highest BCUT2D eigenvalue weighted by Crippen LogP contribution is 2.29. The number of aliphatic hydroxyl groups excluding tert-OH is 1. The van der Waals surface area contributed by atoms with E-state index in [0.29, 0.717) is 64.2 Å². The molecule has 5 heterocycles. The maximum Gasteiger partial charge on any atom is 0.246 e. The van der Waals surface area contributed by atoms with Gasteiger partial charge >= 0.3 is 0 Å². The summed E-state index contributed by atoms with van der Waals surface area (Å²) in [7, 11) is 3.99. The van der Waals surface area contributed by atoms with Gasteiger partial charge in [-0.15, -0.1) is 11.8 Å². The standard InChI is InChI=1S/C92H135N23O19S/c1-12-14-27-69-82(126)103-61(26-20-36-98-91(96)97)79(123)109-68(78(122)101-46-74(95)119)48-135-49-75(120)102-65(39-52-30-32-55(116)33-31-52)86(130)111(9)51(5)77(121)106-67(43-73(94)118)88(132)114-37-21-29-70(114)83(127)104-62(34-35-93)80(124)107-64(38-50(3)4)89(133)115-47-56(117)42-72(115)84(128)105-63(40-53-44-99-59-24-18-16-22-57(53)59)81(125)110-76(92(6,7)8)85(129)108-66(41-54-45-100-60-25-19-17-23-58(54)60)87(131)113(11)71(28-15-13-2)90(134)112(69)10/h16-19,22-25,30-33,44-45,50-51,56,61-72,76,99-100,116-117H,12-15,20-21,26-29,34-43,46-49,93H2,1-11H3,(H2,94,118)(H2,95,119)(H,101,122)(H,102,120)(H,103,126)(H,104,127)(H,105,128)(H,106,121)(H,107,124)(H,108,129)(H,109,123)(H,110,125)(H4,96,97,98)/t51-,56+,61-,62-,63-,64-,65-,66-,67-,68-,69-,70-,71-,72-,76+/m0/s1. The summed E-state index contributed by atoms with van der Waals surface area (Å²) in [6.07, 6.45) is 1.60. The van der Waals surface area contributed by atoms with Crippen LogP contribution in [0.4, 0.5) is 0 Å². The van der Waals surface area contributed by atoms with Crippen LogP contribution in [-0.2, 0) is 101 Å². The van der Waals surface area contributed by atoms with Crippen molar-refractivity contribution in [1.82, 2.24) is 93.0 Å². The van der Waals surface area contributed by atoms with Crippen molar-refractivity contribution in [2.45, 2.75) is 255 Å². The molecule has 2 aromatic heterocycles. The van der Waals surface area contributed by atoms with Crippen LogP contribution in [0.2, 0.25) is 0 Å². The second-order valence-electron chi connectivity index (χ2n) is 36.3. The van der Waals surface area contributed by atoms with Crippen LogP contribution in [0.25, 0.3) is 21.8 Å². The number of benzene rings is 3. The van der Waals surface area contributed by atoms with E-state index in [-0.39, 0.29) is 108 Å². The molecule has 43 heteroatoms. The second kappa shape index (κ2) is 50.4. The number of guanidine groups is 1. The number of aliphatic hydroxyl groups is 1. The summed E-state index contributed by atoms with van der Waals surface area (Å²) in [6, 6.07) is -1.11. The number of phenolic OH excluding ortho intramolecular Hbond substituents is 1. The maximum absolute atomic E-state index is 16.0. The number of hydrogen-bond donors (Lipinski definition) is 20. The Labute approximate surface area is 788 Å². The summed E-state index contributed by atoms with van der Waals surface area (Å²) in [5.74, 6) is -17.3. The number of H-pyrrole nitrogens is 2. The number of likely N-dealkylation sites (N-methyl/N-ethyl adjacent to an activating group) is 3. The minimum atomic E-state index is -1.76. The number of para-hydroxylation sites is 2. The number of aromatic nitrogens is 2. The molecule has 42 nitrogen and oxygen atoms in total. The van der Waals surface area contributed by atoms with E-state index in [0.717, 1.165) is 26.5 Å². The van der Waals surface area contributed by atoms with Gasteiger partial charge in [0.2, 0.25) is 100 Å². The molecule has 3 fully saturated rings. The summed E-state index contributed by atoms with van der Waals surface area (Å²) in [4.78, 5) is 263. The summed E-state index contributed by atoms with van der Waals surface area (Å²) in [5.41, 5.74) is 24.5. The largest absolute Gasteiger partial charge is 0.508 e. The number of fused-ring (bicyclic) bond motifs is 4. The molecule has 3 aliphatic rings. The van der Waals surface area contributed by atoms with E-state index in [2.05, 4.69) is 68.5 Å². The number of carbonyl (C=O) groups is 17. The number of carbonyl (C=O) groups excluding carboxylic acids is 17. The average Bonchev–Trinajstić information content (AvgIpc) is 1.78. The predicted molar refractivity (Wildman–Crippen MR) is 504 cm³/mol. The van der Waals surface area contributed by atoms with Crippen molar-refractivity contribution in [2.75, 3.05) is 65.4 Å². The van der Waals surface area contributed by atoms with Crippen molar-refractivity contribution in [3.63, 3.8) is 0 Å². The summed E-state index contributed by atoms with van der Waals surface area (Å²) in [5, 5.41) is 60.6. The molecule has 8 rings (SSSR count). The minimum Gasteiger partial charge on any atom is -0.508 e. The average molecular weight is 1900 g/mol. The van der Waals surface area contributed by atoms with Crippen molar-refractivity contribution >= 4 is 140 Å². The first-order chi connectivity index (χ1) is 63.9. The zero-order valence-corrected chi connectivity index (χ0v) is 79.4. The Hall–Kier alpha value is -12.9. The van der Waals surface area contributed by atoms with Gasteiger partial charge in [-0.25, -0.2) is 0 Å². The summed E-state index contributed by atoms with van der Waals surface area (Å²) in [6.45, 7) is 12.0. The van der Waals surface area contributed by atoms with E-state index in [1.54, 1.807) is 83.4 Å². The highest BCUT2D eigenvalue weighted by Gasteiger charge is 2.47. The molecule has 3 aliphatic heterocycles. The van der Waals surface area contributed by atoms with Gasteiger partial charge in [0.25, 0.3) is 0 Å². The van der Waals surface area contributed by atoms with Crippen molar-refractivity contribution in [2.24, 2.45) is 34.3 Å². The number of rotatable bonds is 25. The van der Waals surface area contributed by atoms with Crippen LogP contribution in [0, 0.1) is 16.7 Å². The topological polar surface area (TPSA) is 639 Å². The minimum absolute atomic E-state index is 0.00114. The molecule has 17 amide bonds. The zero-order chi connectivity index (χ0) is 99.4. The summed E-state index contributed by atoms with van der Waals surface area (Å²) >= 11 is 0.770. The van der Waals surface area contributed by atoms with Gasteiger partial charge < -0.3 is 126 Å². The maximum atomic E-state index is 16.0. The van der Waals surface area contributed by atoms with Crippen LogP contribution in [0.3, 0.4) is 0 Å². The molecule has 0 aliphatic carbocycles. The van der Waals surface area contributed by atoms with Crippen LogP contribution < -0.4 is 81.4 Å². The first kappa shape index (κ1) is 107. The fourth-order valence-electron chi connectivity index (χ4n) is 16.8. The Morgan fingerprint density at radius 2 is 1.07 bits per heavy atom. The monoisotopic (exact) mass is 1900 g/mol. The van der Waals surface area contributed by atoms with E-state index < -0.39 is 234 Å². The van der Waals surface area contributed by atoms with Gasteiger partial charge in [-0.2, -0.15) is 0 Å². The van der Waals surface area contributed by atoms with E-state index in [9.17, 15) is 58.2 Å². The fourth-order valence-corrected chi connectivity index (χ4v) is 17.7. The number of unbranched alkanes of at least 4 members (excludes halogenated alkanes) is 2. The fraction of sp³-hybridized carbons (Fsp3) is 0.565. The quantitative estimate of drug-likeness (QED) is 0.0180. The van der Waals surface area contributed by atoms with Gasteiger partial charge in [-0.05, 0) is 117 Å². The molecular weight excluding hydrogens is 1760 g/mol. The van der Waals surface area contributed by atoms with Crippen molar-refractivity contribution < 1.29 is 91.7 Å². The smallest absolute Gasteiger partial charge is 0.246 e. The van der Waals surface area contributed by atoms with Crippen LogP contribution in [0.5, 0.6) is 5.75 Å². The highest BCUT2D eigenvalue weighted by atomic mass is 32.2. The zero-order valence-electron chi connectivity index (χ0n) is 78.6. The second-order valence-corrected chi connectivity index (χ2v) is 37.4. The Morgan fingerprint density at radius 3 is 1.67 bits per heavy atom. The number of aromatic hydroxyl groups is 1. The molecule has 0 saturated carbocycles. The lowest BCUT2D eigenvalue weighted by Crippen LogP contribution is -2.63. The third-order valence-corrected chi connectivity index (χ3v) is 25.4. The normalized spacial score (nSPS) is 24.9. The van der Waals surface area contributed by atoms with Crippen LogP contribution >= 0.6 is 11.8 Å². The van der Waals surface area contributed by atoms with Gasteiger partial charge in [0.15, 0.2) is 5.96 Å². The lowest BCUT2D eigenvalue weighted by Gasteiger charge is -2.37. The number of nitrogens with one attached hydrogen (secondary N) is 14. The molecule has 0 spiro atoms. The number of hydrogen-bond acceptors (Lipinski definition) is 22. The molecule has 135 heavy (non-hydrogen) atoms. The Kier molecular flexibility index (Phi) is 40.1. The first-order valence-electron chi connectivity index (χ1n) is 45.8. The molecule has 3 saturated heterocycles. The number of primary amides is 2. The summed E-state index contributed by atoms with van der Waals surface area (Å²) < 4.78 is 0. The van der Waals surface area contributed by atoms with Crippen molar-refractivity contribution in [3.8, 4) is 5.75 Å². The lowest BCUT2D eigenvalue weighted by molar-refractivity contribution is -0.149. The SMILES string of the molecule is CCCC[C@H]1C(=O)N(C)[C@@H](CCCC)C(=O)N[C@@H](CCCNC(=N)N)C(=O)N[C@H](C(=O)NCC(N)=O)CSCC(=O)N[C@@H](Cc2ccc(O)cc2)C(=O)N(C)[C@@H](C)C(=O)N[C@@H](CC(N)=O)C(=O)N2CCC[C@H]2C(=O)N[C@@H](CCN)C(=O)N[C@@H](CC(C)C)C(=O)N2C[C@H](O)C[C@H]2C(=O)N[C@@H](Cc2c[nH]c3ccccc23)C(=O)N[C@@H](C(C)(C)C)C(=O)N[C@@H](Cc2c[nH]c3ccccc23)C(=O)N1C. The lowest BCUT2D eigenvalue weighted by atomic mass is 9.85. The Balaban J connectivity index is 1.21. The van der Waals surface area contributed by atoms with Gasteiger partial charge in [0, 0.05) is 106 Å². The van der Waals surface area contributed by atoms with Gasteiger partial charge in [0.1, 0.15) is 90.3 Å². The van der Waals surface area contributed by atoms with Crippen molar-refractivity contribution in [3.05, 3.63) is 102 Å².